The number of aliphatic carboxylic acids is 1. The van der Waals surface area contributed by atoms with Crippen LogP contribution in [0.1, 0.15) is 49.3 Å². The third kappa shape index (κ3) is 3.55. The van der Waals surface area contributed by atoms with Gasteiger partial charge in [-0.2, -0.15) is 0 Å². The molecule has 0 saturated carbocycles. The number of rotatable bonds is 5. The van der Waals surface area contributed by atoms with E-state index in [0.29, 0.717) is 13.2 Å². The molecule has 2 atom stereocenters. The van der Waals surface area contributed by atoms with Crippen LogP contribution in [0, 0.1) is 19.8 Å². The van der Waals surface area contributed by atoms with E-state index in [-0.39, 0.29) is 18.3 Å². The molecule has 0 aliphatic carbocycles. The standard InChI is InChI=1S/C20H25NO4/c1-11-7-17(24-9-15-6-5-12(2)21-14(15)4)13(3)20-19(11)16(10-25-20)8-18(22)23/h5,7,15-16H,6,8-10H2,1-4H3,(H,22,23). The highest BCUT2D eigenvalue weighted by molar-refractivity contribution is 5.86. The molecular formula is C20H25NO4. The van der Waals surface area contributed by atoms with Crippen molar-refractivity contribution < 1.29 is 19.4 Å². The Morgan fingerprint density at radius 2 is 2.08 bits per heavy atom. The zero-order valence-corrected chi connectivity index (χ0v) is 15.3. The summed E-state index contributed by atoms with van der Waals surface area (Å²) < 4.78 is 11.9. The van der Waals surface area contributed by atoms with Crippen LogP contribution in [-0.2, 0) is 4.79 Å². The molecular weight excluding hydrogens is 318 g/mol. The molecule has 2 aliphatic rings. The number of fused-ring (bicyclic) bond motifs is 1. The number of aliphatic imine (C=N–C) groups is 1. The quantitative estimate of drug-likeness (QED) is 0.877. The van der Waals surface area contributed by atoms with Crippen molar-refractivity contribution in [2.24, 2.45) is 10.9 Å². The Bertz CT molecular complexity index is 763. The lowest BCUT2D eigenvalue weighted by atomic mass is 9.92. The van der Waals surface area contributed by atoms with Gasteiger partial charge in [-0.15, -0.1) is 0 Å². The zero-order valence-electron chi connectivity index (χ0n) is 15.3. The fourth-order valence-electron chi connectivity index (χ4n) is 3.64. The van der Waals surface area contributed by atoms with Crippen LogP contribution in [0.25, 0.3) is 0 Å². The van der Waals surface area contributed by atoms with Gasteiger partial charge in [0.2, 0.25) is 0 Å². The molecule has 134 valence electrons. The molecule has 3 rings (SSSR count). The fourth-order valence-corrected chi connectivity index (χ4v) is 3.64. The average molecular weight is 343 g/mol. The summed E-state index contributed by atoms with van der Waals surface area (Å²) in [6, 6.07) is 2.01. The first-order valence-electron chi connectivity index (χ1n) is 8.70. The maximum Gasteiger partial charge on any atom is 0.304 e. The summed E-state index contributed by atoms with van der Waals surface area (Å²) in [5, 5.41) is 9.09. The molecule has 25 heavy (non-hydrogen) atoms. The van der Waals surface area contributed by atoms with Gasteiger partial charge in [-0.3, -0.25) is 9.79 Å². The van der Waals surface area contributed by atoms with Gasteiger partial charge < -0.3 is 14.6 Å². The first kappa shape index (κ1) is 17.5. The summed E-state index contributed by atoms with van der Waals surface area (Å²) in [4.78, 5) is 15.6. The van der Waals surface area contributed by atoms with Crippen molar-refractivity contribution in [3.8, 4) is 11.5 Å². The Labute approximate surface area is 148 Å². The van der Waals surface area contributed by atoms with Crippen molar-refractivity contribution in [1.29, 1.82) is 0 Å². The molecule has 2 unspecified atom stereocenters. The molecule has 0 saturated heterocycles. The second kappa shape index (κ2) is 6.90. The van der Waals surface area contributed by atoms with Crippen LogP contribution in [0.2, 0.25) is 0 Å². The lowest BCUT2D eigenvalue weighted by molar-refractivity contribution is -0.137. The van der Waals surface area contributed by atoms with Crippen molar-refractivity contribution in [1.82, 2.24) is 0 Å². The minimum Gasteiger partial charge on any atom is -0.492 e. The van der Waals surface area contributed by atoms with Gasteiger partial charge in [-0.25, -0.2) is 0 Å². The third-order valence-electron chi connectivity index (χ3n) is 5.07. The summed E-state index contributed by atoms with van der Waals surface area (Å²) in [6.07, 6.45) is 3.18. The molecule has 5 heteroatoms. The molecule has 0 amide bonds. The number of allylic oxidation sites excluding steroid dienone is 2. The van der Waals surface area contributed by atoms with Crippen LogP contribution < -0.4 is 9.47 Å². The van der Waals surface area contributed by atoms with Gasteiger partial charge in [-0.05, 0) is 45.7 Å². The van der Waals surface area contributed by atoms with Gasteiger partial charge in [0.1, 0.15) is 11.5 Å². The molecule has 0 aromatic heterocycles. The van der Waals surface area contributed by atoms with Crippen LogP contribution in [0.15, 0.2) is 22.8 Å². The smallest absolute Gasteiger partial charge is 0.304 e. The number of ether oxygens (including phenoxy) is 2. The second-order valence-electron chi connectivity index (χ2n) is 7.01. The van der Waals surface area contributed by atoms with Crippen molar-refractivity contribution in [3.05, 3.63) is 34.5 Å². The van der Waals surface area contributed by atoms with E-state index in [1.165, 1.54) is 0 Å². The second-order valence-corrected chi connectivity index (χ2v) is 7.01. The van der Waals surface area contributed by atoms with Gasteiger partial charge in [0.25, 0.3) is 0 Å². The zero-order chi connectivity index (χ0) is 18.1. The fraction of sp³-hybridized carbons (Fsp3) is 0.500. The molecule has 5 nitrogen and oxygen atoms in total. The van der Waals surface area contributed by atoms with Crippen LogP contribution in [0.3, 0.4) is 0 Å². The highest BCUT2D eigenvalue weighted by Crippen LogP contribution is 2.44. The molecule has 0 spiro atoms. The highest BCUT2D eigenvalue weighted by atomic mass is 16.5. The lowest BCUT2D eigenvalue weighted by Gasteiger charge is -2.21. The number of hydrogen-bond acceptors (Lipinski definition) is 4. The van der Waals surface area contributed by atoms with Gasteiger partial charge in [0.15, 0.2) is 0 Å². The van der Waals surface area contributed by atoms with E-state index in [4.69, 9.17) is 14.6 Å². The maximum atomic E-state index is 11.1. The third-order valence-corrected chi connectivity index (χ3v) is 5.07. The predicted molar refractivity (Wildman–Crippen MR) is 96.9 cm³/mol. The van der Waals surface area contributed by atoms with Gasteiger partial charge in [0, 0.05) is 34.4 Å². The van der Waals surface area contributed by atoms with Gasteiger partial charge in [-0.1, -0.05) is 6.08 Å². The number of carboxylic acids is 1. The number of benzene rings is 1. The van der Waals surface area contributed by atoms with E-state index in [2.05, 4.69) is 11.1 Å². The van der Waals surface area contributed by atoms with E-state index in [1.807, 2.05) is 33.8 Å². The normalized spacial score (nSPS) is 21.9. The van der Waals surface area contributed by atoms with Crippen molar-refractivity contribution in [3.63, 3.8) is 0 Å². The van der Waals surface area contributed by atoms with E-state index in [1.54, 1.807) is 0 Å². The van der Waals surface area contributed by atoms with Crippen molar-refractivity contribution >= 4 is 11.7 Å². The number of carboxylic acid groups (broad SMARTS) is 1. The number of carbonyl (C=O) groups is 1. The van der Waals surface area contributed by atoms with Crippen molar-refractivity contribution in [2.75, 3.05) is 13.2 Å². The Balaban J connectivity index is 1.77. The SMILES string of the molecule is CC1=CCC(COc2cc(C)c3c(c2C)OCC3CC(=O)O)C(C)=N1. The molecule has 2 heterocycles. The van der Waals surface area contributed by atoms with E-state index in [9.17, 15) is 4.79 Å². The summed E-state index contributed by atoms with van der Waals surface area (Å²) in [5.74, 6) is 1.02. The summed E-state index contributed by atoms with van der Waals surface area (Å²) in [5.41, 5.74) is 5.17. The van der Waals surface area contributed by atoms with Crippen molar-refractivity contribution in [2.45, 2.75) is 46.5 Å². The Morgan fingerprint density at radius 3 is 2.76 bits per heavy atom. The number of aryl methyl sites for hydroxylation is 1. The first-order chi connectivity index (χ1) is 11.9. The Kier molecular flexibility index (Phi) is 4.84. The summed E-state index contributed by atoms with van der Waals surface area (Å²) in [6.45, 7) is 9.03. The van der Waals surface area contributed by atoms with E-state index in [0.717, 1.165) is 46.0 Å². The average Bonchev–Trinajstić information content (AvgIpc) is 2.94. The Morgan fingerprint density at radius 1 is 1.32 bits per heavy atom. The largest absolute Gasteiger partial charge is 0.492 e. The lowest BCUT2D eigenvalue weighted by Crippen LogP contribution is -2.21. The Hall–Kier alpha value is -2.30. The van der Waals surface area contributed by atoms with Crippen LogP contribution in [0.5, 0.6) is 11.5 Å². The molecule has 2 aliphatic heterocycles. The van der Waals surface area contributed by atoms with Gasteiger partial charge >= 0.3 is 5.97 Å². The monoisotopic (exact) mass is 343 g/mol. The van der Waals surface area contributed by atoms with Crippen LogP contribution >= 0.6 is 0 Å². The van der Waals surface area contributed by atoms with E-state index >= 15 is 0 Å². The maximum absolute atomic E-state index is 11.1. The molecule has 1 aromatic carbocycles. The van der Waals surface area contributed by atoms with Crippen LogP contribution in [-0.4, -0.2) is 30.0 Å². The summed E-state index contributed by atoms with van der Waals surface area (Å²) >= 11 is 0. The first-order valence-corrected chi connectivity index (χ1v) is 8.70. The highest BCUT2D eigenvalue weighted by Gasteiger charge is 2.31. The van der Waals surface area contributed by atoms with Gasteiger partial charge in [0.05, 0.1) is 19.6 Å². The predicted octanol–water partition coefficient (Wildman–Crippen LogP) is 4.02. The minimum atomic E-state index is -0.797. The number of hydrogen-bond donors (Lipinski definition) is 1. The molecule has 1 N–H and O–H groups in total. The minimum absolute atomic E-state index is 0.0823. The molecule has 0 radical (unpaired) electrons. The molecule has 0 bridgehead atoms. The number of nitrogens with zero attached hydrogens (tertiary/aromatic N) is 1. The summed E-state index contributed by atoms with van der Waals surface area (Å²) in [7, 11) is 0. The topological polar surface area (TPSA) is 68.1 Å². The van der Waals surface area contributed by atoms with Crippen LogP contribution in [0.4, 0.5) is 0 Å². The molecule has 1 aromatic rings. The molecule has 0 fully saturated rings. The van der Waals surface area contributed by atoms with E-state index < -0.39 is 5.97 Å².